The third-order valence-corrected chi connectivity index (χ3v) is 5.95. The van der Waals surface area contributed by atoms with Crippen LogP contribution in [0.1, 0.15) is 32.1 Å². The zero-order valence-electron chi connectivity index (χ0n) is 13.6. The lowest BCUT2D eigenvalue weighted by molar-refractivity contribution is 0.216. The molecule has 2 aliphatic rings. The number of nitrogens with zero attached hydrogens (tertiary/aromatic N) is 3. The van der Waals surface area contributed by atoms with Crippen LogP contribution in [-0.2, 0) is 0 Å². The molecule has 0 unspecified atom stereocenters. The van der Waals surface area contributed by atoms with Gasteiger partial charge in [0.05, 0.1) is 10.0 Å². The van der Waals surface area contributed by atoms with Crippen LogP contribution in [0.2, 0.25) is 10.0 Å². The lowest BCUT2D eigenvalue weighted by Crippen LogP contribution is -2.47. The maximum Gasteiger partial charge on any atom is 0.130 e. The van der Waals surface area contributed by atoms with E-state index in [1.165, 1.54) is 38.6 Å². The highest BCUT2D eigenvalue weighted by atomic mass is 35.5. The number of pyridine rings is 1. The number of hydrogen-bond acceptors (Lipinski definition) is 4. The summed E-state index contributed by atoms with van der Waals surface area (Å²) in [5.74, 6) is 1.81. The van der Waals surface area contributed by atoms with Crippen molar-refractivity contribution < 1.29 is 0 Å². The summed E-state index contributed by atoms with van der Waals surface area (Å²) in [6.07, 6.45) is 8.00. The van der Waals surface area contributed by atoms with Crippen molar-refractivity contribution in [2.75, 3.05) is 37.6 Å². The van der Waals surface area contributed by atoms with Crippen LogP contribution in [0.15, 0.2) is 12.3 Å². The highest BCUT2D eigenvalue weighted by molar-refractivity contribution is 6.42. The summed E-state index contributed by atoms with van der Waals surface area (Å²) in [5, 5.41) is 1.09. The Labute approximate surface area is 148 Å². The topological polar surface area (TPSA) is 45.4 Å². The number of nitrogens with two attached hydrogens (primary N) is 1. The van der Waals surface area contributed by atoms with Gasteiger partial charge in [0.1, 0.15) is 5.82 Å². The Morgan fingerprint density at radius 2 is 1.74 bits per heavy atom. The van der Waals surface area contributed by atoms with E-state index < -0.39 is 0 Å². The zero-order valence-corrected chi connectivity index (χ0v) is 15.1. The van der Waals surface area contributed by atoms with Crippen LogP contribution in [0.4, 0.5) is 5.82 Å². The van der Waals surface area contributed by atoms with Gasteiger partial charge in [0.15, 0.2) is 0 Å². The number of hydrogen-bond donors (Lipinski definition) is 1. The molecule has 4 nitrogen and oxygen atoms in total. The van der Waals surface area contributed by atoms with Gasteiger partial charge >= 0.3 is 0 Å². The second-order valence-electron chi connectivity index (χ2n) is 6.85. The smallest absolute Gasteiger partial charge is 0.130 e. The lowest BCUT2D eigenvalue weighted by atomic mass is 9.84. The van der Waals surface area contributed by atoms with Gasteiger partial charge in [-0.05, 0) is 44.6 Å². The van der Waals surface area contributed by atoms with Crippen molar-refractivity contribution in [1.82, 2.24) is 9.88 Å². The number of rotatable bonds is 4. The monoisotopic (exact) mass is 356 g/mol. The number of halogens is 2. The SMILES string of the molecule is NC1CCC(CCN2CCN(c3cc(Cl)c(Cl)cn3)CC2)CC1. The predicted molar refractivity (Wildman–Crippen MR) is 97.5 cm³/mol. The molecular weight excluding hydrogens is 331 g/mol. The number of aromatic nitrogens is 1. The Bertz CT molecular complexity index is 509. The van der Waals surface area contributed by atoms with E-state index in [9.17, 15) is 0 Å². The molecule has 2 fully saturated rings. The maximum atomic E-state index is 6.09. The second-order valence-corrected chi connectivity index (χ2v) is 7.67. The standard InChI is InChI=1S/C17H26Cl2N4/c18-15-11-17(21-12-16(15)19)23-9-7-22(8-10-23)6-5-13-1-3-14(20)4-2-13/h11-14H,1-10,20H2. The Kier molecular flexibility index (Phi) is 6.02. The average molecular weight is 357 g/mol. The molecule has 0 atom stereocenters. The molecule has 23 heavy (non-hydrogen) atoms. The van der Waals surface area contributed by atoms with Crippen molar-refractivity contribution in [3.05, 3.63) is 22.3 Å². The highest BCUT2D eigenvalue weighted by Crippen LogP contribution is 2.27. The van der Waals surface area contributed by atoms with E-state index in [-0.39, 0.29) is 0 Å². The summed E-state index contributed by atoms with van der Waals surface area (Å²) in [6, 6.07) is 2.32. The minimum absolute atomic E-state index is 0.452. The molecule has 1 aliphatic heterocycles. The van der Waals surface area contributed by atoms with Gasteiger partial charge < -0.3 is 10.6 Å². The highest BCUT2D eigenvalue weighted by Gasteiger charge is 2.22. The van der Waals surface area contributed by atoms with Gasteiger partial charge in [0, 0.05) is 44.5 Å². The molecule has 1 aromatic rings. The third-order valence-electron chi connectivity index (χ3n) is 5.24. The molecule has 3 rings (SSSR count). The predicted octanol–water partition coefficient (Wildman–Crippen LogP) is 3.42. The summed E-state index contributed by atoms with van der Waals surface area (Å²) in [4.78, 5) is 9.26. The van der Waals surface area contributed by atoms with E-state index >= 15 is 0 Å². The molecule has 2 heterocycles. The van der Waals surface area contributed by atoms with Crippen molar-refractivity contribution in [3.63, 3.8) is 0 Å². The Morgan fingerprint density at radius 3 is 2.39 bits per heavy atom. The number of piperazine rings is 1. The molecule has 1 aliphatic carbocycles. The van der Waals surface area contributed by atoms with Gasteiger partial charge in [-0.2, -0.15) is 0 Å². The van der Waals surface area contributed by atoms with Crippen LogP contribution < -0.4 is 10.6 Å². The van der Waals surface area contributed by atoms with Crippen molar-refractivity contribution in [2.45, 2.75) is 38.1 Å². The molecular formula is C17H26Cl2N4. The van der Waals surface area contributed by atoms with Gasteiger partial charge in [-0.15, -0.1) is 0 Å². The van der Waals surface area contributed by atoms with Gasteiger partial charge in [-0.3, -0.25) is 4.90 Å². The first-order valence-electron chi connectivity index (χ1n) is 8.66. The molecule has 0 radical (unpaired) electrons. The van der Waals surface area contributed by atoms with Crippen LogP contribution in [-0.4, -0.2) is 48.6 Å². The van der Waals surface area contributed by atoms with Crippen molar-refractivity contribution >= 4 is 29.0 Å². The fourth-order valence-electron chi connectivity index (χ4n) is 3.62. The fraction of sp³-hybridized carbons (Fsp3) is 0.706. The molecule has 2 N–H and O–H groups in total. The van der Waals surface area contributed by atoms with E-state index in [1.807, 2.05) is 6.07 Å². The van der Waals surface area contributed by atoms with Gasteiger partial charge in [0.25, 0.3) is 0 Å². The summed E-state index contributed by atoms with van der Waals surface area (Å²) in [7, 11) is 0. The molecule has 0 amide bonds. The summed E-state index contributed by atoms with van der Waals surface area (Å²) >= 11 is 12.0. The number of anilines is 1. The van der Waals surface area contributed by atoms with Crippen LogP contribution in [0.5, 0.6) is 0 Å². The van der Waals surface area contributed by atoms with E-state index in [0.29, 0.717) is 16.1 Å². The largest absolute Gasteiger partial charge is 0.354 e. The van der Waals surface area contributed by atoms with Crippen LogP contribution in [0.3, 0.4) is 0 Å². The maximum absolute atomic E-state index is 6.09. The first-order chi connectivity index (χ1) is 11.1. The van der Waals surface area contributed by atoms with Gasteiger partial charge in [-0.25, -0.2) is 4.98 Å². The van der Waals surface area contributed by atoms with Crippen LogP contribution >= 0.6 is 23.2 Å². The van der Waals surface area contributed by atoms with E-state index in [2.05, 4.69) is 14.8 Å². The Balaban J connectivity index is 1.42. The summed E-state index contributed by atoms with van der Waals surface area (Å²) in [6.45, 7) is 5.39. The first kappa shape index (κ1) is 17.3. The van der Waals surface area contributed by atoms with Crippen molar-refractivity contribution in [3.8, 4) is 0 Å². The fourth-order valence-corrected chi connectivity index (χ4v) is 3.87. The molecule has 0 aromatic carbocycles. The van der Waals surface area contributed by atoms with Gasteiger partial charge in [0.2, 0.25) is 0 Å². The van der Waals surface area contributed by atoms with Crippen LogP contribution in [0, 0.1) is 5.92 Å². The zero-order chi connectivity index (χ0) is 16.2. The molecule has 0 bridgehead atoms. The Morgan fingerprint density at radius 1 is 1.04 bits per heavy atom. The molecule has 1 saturated carbocycles. The molecule has 6 heteroatoms. The van der Waals surface area contributed by atoms with E-state index in [4.69, 9.17) is 28.9 Å². The summed E-state index contributed by atoms with van der Waals surface area (Å²) < 4.78 is 0. The Hall–Kier alpha value is -0.550. The minimum Gasteiger partial charge on any atom is -0.354 e. The van der Waals surface area contributed by atoms with E-state index in [1.54, 1.807) is 6.20 Å². The normalized spacial score (nSPS) is 26.5. The second kappa shape index (κ2) is 8.02. The molecule has 1 saturated heterocycles. The van der Waals surface area contributed by atoms with E-state index in [0.717, 1.165) is 37.9 Å². The lowest BCUT2D eigenvalue weighted by Gasteiger charge is -2.36. The van der Waals surface area contributed by atoms with Crippen LogP contribution in [0.25, 0.3) is 0 Å². The van der Waals surface area contributed by atoms with Crippen molar-refractivity contribution in [2.24, 2.45) is 11.7 Å². The molecule has 1 aromatic heterocycles. The summed E-state index contributed by atoms with van der Waals surface area (Å²) in [5.41, 5.74) is 5.99. The average Bonchev–Trinajstić information content (AvgIpc) is 2.57. The molecule has 0 spiro atoms. The van der Waals surface area contributed by atoms with Crippen molar-refractivity contribution in [1.29, 1.82) is 0 Å². The quantitative estimate of drug-likeness (QED) is 0.897. The third kappa shape index (κ3) is 4.72. The first-order valence-corrected chi connectivity index (χ1v) is 9.41. The van der Waals surface area contributed by atoms with Gasteiger partial charge in [-0.1, -0.05) is 23.2 Å². The molecule has 128 valence electrons. The minimum atomic E-state index is 0.452.